The van der Waals surface area contributed by atoms with Gasteiger partial charge in [-0.15, -0.1) is 0 Å². The molecule has 1 heterocycles. The normalized spacial score (nSPS) is 11.3. The van der Waals surface area contributed by atoms with Gasteiger partial charge in [0.25, 0.3) is 0 Å². The number of nitrogens with zero attached hydrogens (tertiary/aromatic N) is 3. The second kappa shape index (κ2) is 8.16. The Morgan fingerprint density at radius 1 is 1.14 bits per heavy atom. The fourth-order valence-electron chi connectivity index (χ4n) is 2.45. The first-order chi connectivity index (χ1) is 13.2. The highest BCUT2D eigenvalue weighted by Crippen LogP contribution is 2.34. The van der Waals surface area contributed by atoms with Crippen molar-refractivity contribution in [2.75, 3.05) is 5.32 Å². The first-order valence-electron chi connectivity index (χ1n) is 8.55. The minimum absolute atomic E-state index is 0.0587. The summed E-state index contributed by atoms with van der Waals surface area (Å²) in [6, 6.07) is 15.0. The van der Waals surface area contributed by atoms with Gasteiger partial charge in [-0.3, -0.25) is 10.1 Å². The Balaban J connectivity index is 1.87. The molecule has 0 aliphatic rings. The third-order valence-corrected chi connectivity index (χ3v) is 5.17. The molecule has 0 aliphatic heterocycles. The van der Waals surface area contributed by atoms with Crippen molar-refractivity contribution in [3.8, 4) is 0 Å². The van der Waals surface area contributed by atoms with E-state index in [-0.39, 0.29) is 16.1 Å². The molecule has 28 heavy (non-hydrogen) atoms. The fourth-order valence-corrected chi connectivity index (χ4v) is 3.62. The van der Waals surface area contributed by atoms with E-state index in [9.17, 15) is 10.1 Å². The molecule has 0 amide bonds. The van der Waals surface area contributed by atoms with Gasteiger partial charge in [-0.25, -0.2) is 4.98 Å². The molecular formula is C20H19ClN4O2S. The van der Waals surface area contributed by atoms with Crippen LogP contribution in [-0.4, -0.2) is 14.9 Å². The average Bonchev–Trinajstić information content (AvgIpc) is 2.61. The summed E-state index contributed by atoms with van der Waals surface area (Å²) in [7, 11) is 0. The van der Waals surface area contributed by atoms with Crippen LogP contribution in [0.1, 0.15) is 26.3 Å². The molecule has 0 spiro atoms. The van der Waals surface area contributed by atoms with E-state index >= 15 is 0 Å². The predicted molar refractivity (Wildman–Crippen MR) is 113 cm³/mol. The SMILES string of the molecule is CC(C)(C)c1ccc(Nc2ncc([N+](=O)[O-])c(Sc3cccc(Cl)c3)n2)cc1. The Morgan fingerprint density at radius 2 is 1.86 bits per heavy atom. The monoisotopic (exact) mass is 414 g/mol. The van der Waals surface area contributed by atoms with Crippen molar-refractivity contribution in [3.63, 3.8) is 0 Å². The van der Waals surface area contributed by atoms with E-state index in [0.29, 0.717) is 11.0 Å². The minimum atomic E-state index is -0.491. The van der Waals surface area contributed by atoms with Gasteiger partial charge >= 0.3 is 5.69 Å². The van der Waals surface area contributed by atoms with Crippen LogP contribution in [0, 0.1) is 10.1 Å². The molecule has 0 fully saturated rings. The summed E-state index contributed by atoms with van der Waals surface area (Å²) >= 11 is 7.17. The first kappa shape index (κ1) is 20.1. The Kier molecular flexibility index (Phi) is 5.86. The average molecular weight is 415 g/mol. The van der Waals surface area contributed by atoms with E-state index < -0.39 is 4.92 Å². The second-order valence-electron chi connectivity index (χ2n) is 7.15. The van der Waals surface area contributed by atoms with Gasteiger partial charge in [0.05, 0.1) is 4.92 Å². The Morgan fingerprint density at radius 3 is 2.46 bits per heavy atom. The van der Waals surface area contributed by atoms with Crippen LogP contribution in [0.3, 0.4) is 0 Å². The molecule has 6 nitrogen and oxygen atoms in total. The van der Waals surface area contributed by atoms with Crippen LogP contribution < -0.4 is 5.32 Å². The quantitative estimate of drug-likeness (QED) is 0.302. The van der Waals surface area contributed by atoms with E-state index in [4.69, 9.17) is 11.6 Å². The van der Waals surface area contributed by atoms with Crippen molar-refractivity contribution in [2.24, 2.45) is 0 Å². The minimum Gasteiger partial charge on any atom is -0.324 e. The molecule has 1 aromatic heterocycles. The van der Waals surface area contributed by atoms with Gasteiger partial charge in [0.2, 0.25) is 5.95 Å². The maximum absolute atomic E-state index is 11.3. The number of halogens is 1. The Bertz CT molecular complexity index is 1000. The van der Waals surface area contributed by atoms with Gasteiger partial charge in [0, 0.05) is 15.6 Å². The Hall–Kier alpha value is -2.64. The zero-order valence-electron chi connectivity index (χ0n) is 15.6. The van der Waals surface area contributed by atoms with Crippen molar-refractivity contribution in [3.05, 3.63) is 75.4 Å². The number of rotatable bonds is 5. The second-order valence-corrected chi connectivity index (χ2v) is 8.65. The lowest BCUT2D eigenvalue weighted by Crippen LogP contribution is -2.10. The van der Waals surface area contributed by atoms with Gasteiger partial charge in [0.1, 0.15) is 6.20 Å². The highest BCUT2D eigenvalue weighted by molar-refractivity contribution is 7.99. The maximum Gasteiger partial charge on any atom is 0.320 e. The van der Waals surface area contributed by atoms with Crippen LogP contribution in [0.4, 0.5) is 17.3 Å². The predicted octanol–water partition coefficient (Wildman–Crippen LogP) is 6.23. The number of anilines is 2. The number of nitrogens with one attached hydrogen (secondary N) is 1. The fraction of sp³-hybridized carbons (Fsp3) is 0.200. The topological polar surface area (TPSA) is 81.0 Å². The standard InChI is InChI=1S/C20H19ClN4O2S/c1-20(2,3)13-7-9-15(10-8-13)23-19-22-12-17(25(26)27)18(24-19)28-16-6-4-5-14(21)11-16/h4-12H,1-3H3,(H,22,23,24). The zero-order chi connectivity index (χ0) is 20.3. The van der Waals surface area contributed by atoms with E-state index in [0.717, 1.165) is 10.6 Å². The van der Waals surface area contributed by atoms with E-state index in [1.165, 1.54) is 23.5 Å². The molecule has 0 bridgehead atoms. The summed E-state index contributed by atoms with van der Waals surface area (Å²) in [5.74, 6) is 0.290. The smallest absolute Gasteiger partial charge is 0.320 e. The van der Waals surface area contributed by atoms with Crippen molar-refractivity contribution >= 4 is 40.7 Å². The molecular weight excluding hydrogens is 396 g/mol. The highest BCUT2D eigenvalue weighted by atomic mass is 35.5. The lowest BCUT2D eigenvalue weighted by atomic mass is 9.87. The van der Waals surface area contributed by atoms with Crippen molar-refractivity contribution in [2.45, 2.75) is 36.1 Å². The summed E-state index contributed by atoms with van der Waals surface area (Å²) in [5.41, 5.74) is 1.92. The van der Waals surface area contributed by atoms with Crippen molar-refractivity contribution < 1.29 is 4.92 Å². The molecule has 3 rings (SSSR count). The summed E-state index contributed by atoms with van der Waals surface area (Å²) < 4.78 is 0. The molecule has 8 heteroatoms. The number of hydrogen-bond donors (Lipinski definition) is 1. The van der Waals surface area contributed by atoms with Gasteiger partial charge in [-0.2, -0.15) is 4.98 Å². The van der Waals surface area contributed by atoms with Crippen LogP contribution in [-0.2, 0) is 5.41 Å². The summed E-state index contributed by atoms with van der Waals surface area (Å²) in [5, 5.41) is 15.2. The Labute approximate surface area is 172 Å². The third-order valence-electron chi connectivity index (χ3n) is 3.95. The lowest BCUT2D eigenvalue weighted by molar-refractivity contribution is -0.388. The molecule has 0 radical (unpaired) electrons. The molecule has 1 N–H and O–H groups in total. The molecule has 0 aliphatic carbocycles. The molecule has 0 saturated heterocycles. The summed E-state index contributed by atoms with van der Waals surface area (Å²) in [6.45, 7) is 6.44. The van der Waals surface area contributed by atoms with Crippen molar-refractivity contribution in [1.82, 2.24) is 9.97 Å². The van der Waals surface area contributed by atoms with Crippen molar-refractivity contribution in [1.29, 1.82) is 0 Å². The number of nitro groups is 1. The van der Waals surface area contributed by atoms with Crippen LogP contribution >= 0.6 is 23.4 Å². The molecule has 0 atom stereocenters. The van der Waals surface area contributed by atoms with E-state index in [2.05, 4.69) is 36.1 Å². The summed E-state index contributed by atoms with van der Waals surface area (Å²) in [4.78, 5) is 20.0. The van der Waals surface area contributed by atoms with E-state index in [1.54, 1.807) is 18.2 Å². The largest absolute Gasteiger partial charge is 0.324 e. The number of aromatic nitrogens is 2. The molecule has 2 aromatic carbocycles. The maximum atomic E-state index is 11.3. The van der Waals surface area contributed by atoms with Crippen LogP contribution in [0.2, 0.25) is 5.02 Å². The summed E-state index contributed by atoms with van der Waals surface area (Å²) in [6.07, 6.45) is 1.21. The van der Waals surface area contributed by atoms with Crippen LogP contribution in [0.25, 0.3) is 0 Å². The van der Waals surface area contributed by atoms with E-state index in [1.807, 2.05) is 30.3 Å². The van der Waals surface area contributed by atoms with Gasteiger partial charge in [-0.05, 0) is 41.3 Å². The zero-order valence-corrected chi connectivity index (χ0v) is 17.2. The molecule has 0 unspecified atom stereocenters. The van der Waals surface area contributed by atoms with Gasteiger partial charge in [-0.1, -0.05) is 62.3 Å². The van der Waals surface area contributed by atoms with Gasteiger partial charge in [0.15, 0.2) is 5.03 Å². The van der Waals surface area contributed by atoms with Gasteiger partial charge < -0.3 is 5.32 Å². The first-order valence-corrected chi connectivity index (χ1v) is 9.74. The third kappa shape index (κ3) is 4.99. The molecule has 3 aromatic rings. The number of benzene rings is 2. The highest BCUT2D eigenvalue weighted by Gasteiger charge is 2.19. The molecule has 0 saturated carbocycles. The lowest BCUT2D eigenvalue weighted by Gasteiger charge is -2.19. The van der Waals surface area contributed by atoms with Crippen LogP contribution in [0.15, 0.2) is 64.6 Å². The number of hydrogen-bond acceptors (Lipinski definition) is 6. The molecule has 144 valence electrons. The van der Waals surface area contributed by atoms with Crippen LogP contribution in [0.5, 0.6) is 0 Å².